The molecule has 0 spiro atoms. The molecule has 1 heteroatoms. The van der Waals surface area contributed by atoms with Crippen LogP contribution in [0.25, 0.3) is 11.1 Å². The van der Waals surface area contributed by atoms with Gasteiger partial charge in [-0.05, 0) is 66.0 Å². The van der Waals surface area contributed by atoms with E-state index in [9.17, 15) is 0 Å². The fraction of sp³-hybridized carbons (Fsp3) is 0.333. The summed E-state index contributed by atoms with van der Waals surface area (Å²) in [5.41, 5.74) is 11.9. The third-order valence-electron chi connectivity index (χ3n) is 4.52. The lowest BCUT2D eigenvalue weighted by atomic mass is 9.71. The van der Waals surface area contributed by atoms with Gasteiger partial charge in [-0.2, -0.15) is 0 Å². The van der Waals surface area contributed by atoms with Crippen LogP contribution in [0.4, 0.5) is 5.69 Å². The molecule has 0 aromatic heterocycles. The first kappa shape index (κ1) is 12.3. The summed E-state index contributed by atoms with van der Waals surface area (Å²) in [6.07, 6.45) is 2.73. The first-order valence-corrected chi connectivity index (χ1v) is 7.11. The molecule has 1 nitrogen and oxygen atoms in total. The molecule has 0 heterocycles. The van der Waals surface area contributed by atoms with Crippen LogP contribution in [0.2, 0.25) is 0 Å². The number of nitrogens with two attached hydrogens (primary N) is 1. The summed E-state index contributed by atoms with van der Waals surface area (Å²) >= 11 is 0. The Kier molecular flexibility index (Phi) is 3.06. The minimum atomic E-state index is 0.779. The fourth-order valence-corrected chi connectivity index (χ4v) is 3.08. The number of rotatable bonds is 2. The Hall–Kier alpha value is -1.76. The molecule has 2 aromatic carbocycles. The predicted molar refractivity (Wildman–Crippen MR) is 82.2 cm³/mol. The van der Waals surface area contributed by atoms with Crippen molar-refractivity contribution in [3.8, 4) is 11.1 Å². The number of anilines is 1. The van der Waals surface area contributed by atoms with Gasteiger partial charge in [0.05, 0.1) is 0 Å². The third kappa shape index (κ3) is 2.25. The van der Waals surface area contributed by atoms with Gasteiger partial charge in [-0.1, -0.05) is 37.3 Å². The van der Waals surface area contributed by atoms with Gasteiger partial charge in [-0.25, -0.2) is 0 Å². The Morgan fingerprint density at radius 3 is 2.26 bits per heavy atom. The van der Waals surface area contributed by atoms with Gasteiger partial charge < -0.3 is 5.73 Å². The summed E-state index contributed by atoms with van der Waals surface area (Å²) < 4.78 is 0. The van der Waals surface area contributed by atoms with E-state index in [0.29, 0.717) is 0 Å². The van der Waals surface area contributed by atoms with E-state index in [4.69, 9.17) is 5.73 Å². The highest BCUT2D eigenvalue weighted by Gasteiger charge is 2.27. The lowest BCUT2D eigenvalue weighted by molar-refractivity contribution is 0.280. The SMILES string of the molecule is Cc1cc(N)ccc1-c1ccc(C2CCC2C)cc1. The van der Waals surface area contributed by atoms with Gasteiger partial charge in [-0.15, -0.1) is 0 Å². The fourth-order valence-electron chi connectivity index (χ4n) is 3.08. The van der Waals surface area contributed by atoms with Crippen LogP contribution in [0, 0.1) is 12.8 Å². The van der Waals surface area contributed by atoms with Gasteiger partial charge in [0.1, 0.15) is 0 Å². The van der Waals surface area contributed by atoms with Crippen LogP contribution in [0.15, 0.2) is 42.5 Å². The second kappa shape index (κ2) is 4.73. The molecule has 0 aliphatic heterocycles. The van der Waals surface area contributed by atoms with Gasteiger partial charge in [0.25, 0.3) is 0 Å². The molecular weight excluding hydrogens is 230 g/mol. The quantitative estimate of drug-likeness (QED) is 0.765. The highest BCUT2D eigenvalue weighted by atomic mass is 14.5. The smallest absolute Gasteiger partial charge is 0.0317 e. The van der Waals surface area contributed by atoms with Gasteiger partial charge in [0, 0.05) is 5.69 Å². The third-order valence-corrected chi connectivity index (χ3v) is 4.52. The standard InChI is InChI=1S/C18H21N/c1-12-3-9-17(12)14-4-6-15(7-5-14)18-10-8-16(19)11-13(18)2/h4-8,10-12,17H,3,9,19H2,1-2H3. The molecule has 0 amide bonds. The average molecular weight is 251 g/mol. The number of aryl methyl sites for hydroxylation is 1. The maximum absolute atomic E-state index is 5.81. The molecule has 1 aliphatic carbocycles. The van der Waals surface area contributed by atoms with E-state index in [2.05, 4.69) is 44.2 Å². The molecule has 2 unspecified atom stereocenters. The molecule has 98 valence electrons. The van der Waals surface area contributed by atoms with Gasteiger partial charge in [0.2, 0.25) is 0 Å². The second-order valence-electron chi connectivity index (χ2n) is 5.86. The minimum absolute atomic E-state index is 0.779. The van der Waals surface area contributed by atoms with Gasteiger partial charge in [0.15, 0.2) is 0 Å². The molecule has 3 rings (SSSR count). The molecule has 0 radical (unpaired) electrons. The van der Waals surface area contributed by atoms with Crippen molar-refractivity contribution in [1.82, 2.24) is 0 Å². The highest BCUT2D eigenvalue weighted by Crippen LogP contribution is 2.42. The Labute approximate surface area is 115 Å². The summed E-state index contributed by atoms with van der Waals surface area (Å²) in [6, 6.07) is 15.2. The topological polar surface area (TPSA) is 26.0 Å². The maximum atomic E-state index is 5.81. The Balaban J connectivity index is 1.89. The van der Waals surface area contributed by atoms with E-state index in [1.807, 2.05) is 12.1 Å². The largest absolute Gasteiger partial charge is 0.399 e. The summed E-state index contributed by atoms with van der Waals surface area (Å²) in [4.78, 5) is 0. The predicted octanol–water partition coefficient (Wildman–Crippen LogP) is 4.76. The van der Waals surface area contributed by atoms with Crippen molar-refractivity contribution < 1.29 is 0 Å². The number of hydrogen-bond acceptors (Lipinski definition) is 1. The second-order valence-corrected chi connectivity index (χ2v) is 5.86. The van der Waals surface area contributed by atoms with Crippen molar-refractivity contribution in [2.45, 2.75) is 32.6 Å². The molecule has 1 aliphatic rings. The molecule has 2 N–H and O–H groups in total. The summed E-state index contributed by atoms with van der Waals surface area (Å²) in [5, 5.41) is 0. The van der Waals surface area contributed by atoms with E-state index >= 15 is 0 Å². The summed E-state index contributed by atoms with van der Waals surface area (Å²) in [5.74, 6) is 1.63. The molecular formula is C18H21N. The van der Waals surface area contributed by atoms with Crippen LogP contribution in [0.3, 0.4) is 0 Å². The molecule has 0 bridgehead atoms. The lowest BCUT2D eigenvalue weighted by Gasteiger charge is -2.34. The van der Waals surface area contributed by atoms with Crippen LogP contribution < -0.4 is 5.73 Å². The molecule has 1 saturated carbocycles. The molecule has 1 fully saturated rings. The Morgan fingerprint density at radius 1 is 1.00 bits per heavy atom. The van der Waals surface area contributed by atoms with Crippen LogP contribution in [-0.4, -0.2) is 0 Å². The van der Waals surface area contributed by atoms with Crippen molar-refractivity contribution in [2.24, 2.45) is 5.92 Å². The van der Waals surface area contributed by atoms with Crippen LogP contribution in [0.1, 0.15) is 36.8 Å². The van der Waals surface area contributed by atoms with E-state index in [1.54, 1.807) is 0 Å². The Morgan fingerprint density at radius 2 is 1.74 bits per heavy atom. The van der Waals surface area contributed by atoms with E-state index in [1.165, 1.54) is 35.1 Å². The van der Waals surface area contributed by atoms with Crippen molar-refractivity contribution in [3.05, 3.63) is 53.6 Å². The zero-order chi connectivity index (χ0) is 13.4. The monoisotopic (exact) mass is 251 g/mol. The van der Waals surface area contributed by atoms with Crippen molar-refractivity contribution in [2.75, 3.05) is 5.73 Å². The minimum Gasteiger partial charge on any atom is -0.399 e. The van der Waals surface area contributed by atoms with Crippen LogP contribution in [0.5, 0.6) is 0 Å². The van der Waals surface area contributed by atoms with Crippen LogP contribution in [-0.2, 0) is 0 Å². The van der Waals surface area contributed by atoms with Gasteiger partial charge in [-0.3, -0.25) is 0 Å². The number of benzene rings is 2. The summed E-state index contributed by atoms with van der Waals surface area (Å²) in [6.45, 7) is 4.47. The number of nitrogen functional groups attached to an aromatic ring is 1. The Bertz CT molecular complexity index is 583. The first-order valence-electron chi connectivity index (χ1n) is 7.11. The normalized spacial score (nSPS) is 22.0. The van der Waals surface area contributed by atoms with Crippen molar-refractivity contribution in [3.63, 3.8) is 0 Å². The summed E-state index contributed by atoms with van der Waals surface area (Å²) in [7, 11) is 0. The van der Waals surface area contributed by atoms with Crippen LogP contribution >= 0.6 is 0 Å². The van der Waals surface area contributed by atoms with E-state index in [0.717, 1.165) is 17.5 Å². The lowest BCUT2D eigenvalue weighted by Crippen LogP contribution is -2.20. The van der Waals surface area contributed by atoms with E-state index < -0.39 is 0 Å². The van der Waals surface area contributed by atoms with Crippen molar-refractivity contribution in [1.29, 1.82) is 0 Å². The maximum Gasteiger partial charge on any atom is 0.0317 e. The molecule has 2 aromatic rings. The number of hydrogen-bond donors (Lipinski definition) is 1. The molecule has 0 saturated heterocycles. The zero-order valence-corrected chi connectivity index (χ0v) is 11.7. The zero-order valence-electron chi connectivity index (χ0n) is 11.7. The average Bonchev–Trinajstić information content (AvgIpc) is 2.38. The molecule has 19 heavy (non-hydrogen) atoms. The highest BCUT2D eigenvalue weighted by molar-refractivity contribution is 5.69. The van der Waals surface area contributed by atoms with Gasteiger partial charge >= 0.3 is 0 Å². The first-order chi connectivity index (χ1) is 9.15. The molecule has 2 atom stereocenters. The van der Waals surface area contributed by atoms with E-state index in [-0.39, 0.29) is 0 Å². The van der Waals surface area contributed by atoms with Crippen molar-refractivity contribution >= 4 is 5.69 Å².